The van der Waals surface area contributed by atoms with E-state index in [1.165, 1.54) is 25.7 Å². The van der Waals surface area contributed by atoms with E-state index in [4.69, 9.17) is 28.6 Å². The van der Waals surface area contributed by atoms with E-state index in [2.05, 4.69) is 10.6 Å². The van der Waals surface area contributed by atoms with Crippen LogP contribution >= 0.6 is 23.8 Å². The zero-order valence-corrected chi connectivity index (χ0v) is 14.3. The molecule has 1 saturated carbocycles. The van der Waals surface area contributed by atoms with Gasteiger partial charge < -0.3 is 15.4 Å². The number of benzene rings is 2. The third-order valence-corrected chi connectivity index (χ3v) is 4.31. The number of rotatable bonds is 4. The Balaban J connectivity index is 1.72. The molecule has 0 atom stereocenters. The summed E-state index contributed by atoms with van der Waals surface area (Å²) in [6.07, 6.45) is 4.87. The van der Waals surface area contributed by atoms with Crippen molar-refractivity contribution in [2.75, 3.05) is 5.32 Å². The monoisotopic (exact) mass is 346 g/mol. The maximum absolute atomic E-state index is 6.11. The molecule has 2 N–H and O–H groups in total. The summed E-state index contributed by atoms with van der Waals surface area (Å²) in [5.41, 5.74) is 0.761. The molecule has 0 radical (unpaired) electrons. The third kappa shape index (κ3) is 4.60. The number of para-hydroxylation sites is 1. The lowest BCUT2D eigenvalue weighted by atomic mass is 10.2. The van der Waals surface area contributed by atoms with Gasteiger partial charge in [-0.3, -0.25) is 0 Å². The van der Waals surface area contributed by atoms with Gasteiger partial charge in [0, 0.05) is 11.1 Å². The van der Waals surface area contributed by atoms with Gasteiger partial charge in [0.2, 0.25) is 0 Å². The quantitative estimate of drug-likeness (QED) is 0.730. The number of nitrogens with one attached hydrogen (secondary N) is 2. The molecule has 1 fully saturated rings. The van der Waals surface area contributed by atoms with Gasteiger partial charge in [-0.15, -0.1) is 0 Å². The van der Waals surface area contributed by atoms with Crippen molar-refractivity contribution in [2.45, 2.75) is 31.7 Å². The lowest BCUT2D eigenvalue weighted by molar-refractivity contribution is 0.485. The second kappa shape index (κ2) is 7.66. The molecule has 0 saturated heterocycles. The van der Waals surface area contributed by atoms with Gasteiger partial charge in [-0.25, -0.2) is 0 Å². The summed E-state index contributed by atoms with van der Waals surface area (Å²) in [7, 11) is 0. The normalized spacial score (nSPS) is 14.5. The fourth-order valence-corrected chi connectivity index (χ4v) is 3.17. The minimum Gasteiger partial charge on any atom is -0.455 e. The molecule has 0 aromatic heterocycles. The smallest absolute Gasteiger partial charge is 0.171 e. The van der Waals surface area contributed by atoms with Crippen molar-refractivity contribution in [3.8, 4) is 11.5 Å². The van der Waals surface area contributed by atoms with E-state index in [-0.39, 0.29) is 0 Å². The van der Waals surface area contributed by atoms with Crippen molar-refractivity contribution in [1.82, 2.24) is 5.32 Å². The summed E-state index contributed by atoms with van der Waals surface area (Å²) in [5, 5.41) is 7.81. The minimum absolute atomic E-state index is 0.465. The standard InChI is InChI=1S/C18H19ClN2OS/c19-13-10-11-17(22-15-8-2-1-3-9-15)16(12-13)21-18(23)20-14-6-4-5-7-14/h1-3,8-12,14H,4-7H2,(H2,20,21,23). The average Bonchev–Trinajstić information content (AvgIpc) is 3.04. The SMILES string of the molecule is S=C(Nc1cc(Cl)ccc1Oc1ccccc1)NC1CCCC1. The van der Waals surface area contributed by atoms with Gasteiger partial charge in [0.25, 0.3) is 0 Å². The fraction of sp³-hybridized carbons (Fsp3) is 0.278. The number of hydrogen-bond acceptors (Lipinski definition) is 2. The Morgan fingerprint density at radius 1 is 1.09 bits per heavy atom. The van der Waals surface area contributed by atoms with Crippen LogP contribution in [-0.4, -0.2) is 11.2 Å². The highest BCUT2D eigenvalue weighted by atomic mass is 35.5. The molecule has 23 heavy (non-hydrogen) atoms. The predicted octanol–water partition coefficient (Wildman–Crippen LogP) is 5.36. The second-order valence-corrected chi connectivity index (χ2v) is 6.48. The Kier molecular flexibility index (Phi) is 5.36. The Hall–Kier alpha value is -1.78. The van der Waals surface area contributed by atoms with Crippen LogP contribution in [0.4, 0.5) is 5.69 Å². The summed E-state index contributed by atoms with van der Waals surface area (Å²) in [6, 6.07) is 15.6. The first kappa shape index (κ1) is 16.1. The molecule has 0 heterocycles. The van der Waals surface area contributed by atoms with Crippen molar-refractivity contribution in [3.63, 3.8) is 0 Å². The molecule has 120 valence electrons. The van der Waals surface area contributed by atoms with E-state index in [0.29, 0.717) is 21.9 Å². The van der Waals surface area contributed by atoms with E-state index in [0.717, 1.165) is 11.4 Å². The lowest BCUT2D eigenvalue weighted by Crippen LogP contribution is -2.36. The first-order valence-corrected chi connectivity index (χ1v) is 8.59. The van der Waals surface area contributed by atoms with Gasteiger partial charge in [-0.2, -0.15) is 0 Å². The molecule has 3 rings (SSSR count). The van der Waals surface area contributed by atoms with Crippen LogP contribution in [0.3, 0.4) is 0 Å². The summed E-state index contributed by atoms with van der Waals surface area (Å²) < 4.78 is 5.93. The third-order valence-electron chi connectivity index (χ3n) is 3.85. The molecule has 0 amide bonds. The van der Waals surface area contributed by atoms with Crippen LogP contribution < -0.4 is 15.4 Å². The highest BCUT2D eigenvalue weighted by Gasteiger charge is 2.16. The molecule has 5 heteroatoms. The van der Waals surface area contributed by atoms with Crippen LogP contribution in [0.15, 0.2) is 48.5 Å². The Bertz CT molecular complexity index is 672. The van der Waals surface area contributed by atoms with Crippen LogP contribution in [-0.2, 0) is 0 Å². The molecule has 2 aromatic rings. The largest absolute Gasteiger partial charge is 0.455 e. The zero-order valence-electron chi connectivity index (χ0n) is 12.7. The van der Waals surface area contributed by atoms with E-state index in [1.54, 1.807) is 6.07 Å². The van der Waals surface area contributed by atoms with E-state index in [9.17, 15) is 0 Å². The van der Waals surface area contributed by atoms with Gasteiger partial charge >= 0.3 is 0 Å². The van der Waals surface area contributed by atoms with Gasteiger partial charge in [0.05, 0.1) is 5.69 Å². The highest BCUT2D eigenvalue weighted by Crippen LogP contribution is 2.32. The molecular weight excluding hydrogens is 328 g/mol. The molecular formula is C18H19ClN2OS. The molecule has 0 spiro atoms. The van der Waals surface area contributed by atoms with E-state index < -0.39 is 0 Å². The van der Waals surface area contributed by atoms with Crippen molar-refractivity contribution in [2.24, 2.45) is 0 Å². The van der Waals surface area contributed by atoms with Gasteiger partial charge in [0.15, 0.2) is 10.9 Å². The number of thiocarbonyl (C=S) groups is 1. The molecule has 3 nitrogen and oxygen atoms in total. The Morgan fingerprint density at radius 2 is 1.83 bits per heavy atom. The highest BCUT2D eigenvalue weighted by molar-refractivity contribution is 7.80. The zero-order chi connectivity index (χ0) is 16.1. The van der Waals surface area contributed by atoms with E-state index in [1.807, 2.05) is 42.5 Å². The maximum atomic E-state index is 6.11. The number of halogens is 1. The molecule has 2 aromatic carbocycles. The fourth-order valence-electron chi connectivity index (χ4n) is 2.72. The summed E-state index contributed by atoms with van der Waals surface area (Å²) >= 11 is 11.5. The van der Waals surface area contributed by atoms with Gasteiger partial charge in [0.1, 0.15) is 5.75 Å². The topological polar surface area (TPSA) is 33.3 Å². The van der Waals surface area contributed by atoms with E-state index >= 15 is 0 Å². The van der Waals surface area contributed by atoms with Crippen LogP contribution in [0.5, 0.6) is 11.5 Å². The second-order valence-electron chi connectivity index (χ2n) is 5.64. The molecule has 1 aliphatic carbocycles. The maximum Gasteiger partial charge on any atom is 0.171 e. The van der Waals surface area contributed by atoms with Crippen LogP contribution in [0.1, 0.15) is 25.7 Å². The Labute approximate surface area is 147 Å². The van der Waals surface area contributed by atoms with Gasteiger partial charge in [-0.1, -0.05) is 42.6 Å². The number of anilines is 1. The molecule has 1 aliphatic rings. The van der Waals surface area contributed by atoms with Crippen molar-refractivity contribution < 1.29 is 4.74 Å². The predicted molar refractivity (Wildman–Crippen MR) is 99.6 cm³/mol. The van der Waals surface area contributed by atoms with Crippen molar-refractivity contribution in [3.05, 3.63) is 53.6 Å². The van der Waals surface area contributed by atoms with Crippen LogP contribution in [0, 0.1) is 0 Å². The molecule has 0 aliphatic heterocycles. The first-order chi connectivity index (χ1) is 11.2. The van der Waals surface area contributed by atoms with Gasteiger partial charge in [-0.05, 0) is 55.4 Å². The van der Waals surface area contributed by atoms with Crippen molar-refractivity contribution >= 4 is 34.6 Å². The Morgan fingerprint density at radius 3 is 2.57 bits per heavy atom. The summed E-state index contributed by atoms with van der Waals surface area (Å²) in [4.78, 5) is 0. The first-order valence-electron chi connectivity index (χ1n) is 7.81. The van der Waals surface area contributed by atoms with Crippen molar-refractivity contribution in [1.29, 1.82) is 0 Å². The molecule has 0 bridgehead atoms. The molecule has 0 unspecified atom stereocenters. The number of ether oxygens (including phenoxy) is 1. The average molecular weight is 347 g/mol. The summed E-state index contributed by atoms with van der Waals surface area (Å²) in [5.74, 6) is 1.46. The summed E-state index contributed by atoms with van der Waals surface area (Å²) in [6.45, 7) is 0. The van der Waals surface area contributed by atoms with Crippen LogP contribution in [0.25, 0.3) is 0 Å². The lowest BCUT2D eigenvalue weighted by Gasteiger charge is -2.18. The van der Waals surface area contributed by atoms with Crippen LogP contribution in [0.2, 0.25) is 5.02 Å². The number of hydrogen-bond donors (Lipinski definition) is 2. The minimum atomic E-state index is 0.465.